The van der Waals surface area contributed by atoms with E-state index < -0.39 is 0 Å². The van der Waals surface area contributed by atoms with Crippen molar-refractivity contribution in [2.45, 2.75) is 44.2 Å². The number of piperidine rings is 1. The number of hydrogen-bond donors (Lipinski definition) is 1. The Morgan fingerprint density at radius 2 is 2.19 bits per heavy atom. The third-order valence-electron chi connectivity index (χ3n) is 4.56. The highest BCUT2D eigenvalue weighted by molar-refractivity contribution is 4.92. The van der Waals surface area contributed by atoms with E-state index in [9.17, 15) is 0 Å². The lowest BCUT2D eigenvalue weighted by Gasteiger charge is -2.37. The molecule has 16 heavy (non-hydrogen) atoms. The summed E-state index contributed by atoms with van der Waals surface area (Å²) in [6.45, 7) is 6.04. The molecule has 0 radical (unpaired) electrons. The Bertz CT molecular complexity index is 228. The highest BCUT2D eigenvalue weighted by Crippen LogP contribution is 2.27. The number of likely N-dealkylation sites (tertiary alicyclic amines) is 1. The molecule has 0 bridgehead atoms. The van der Waals surface area contributed by atoms with E-state index in [1.54, 1.807) is 0 Å². The molecule has 0 spiro atoms. The molecular weight excluding hydrogens is 200 g/mol. The first-order valence-electron chi connectivity index (χ1n) is 7.00. The van der Waals surface area contributed by atoms with Gasteiger partial charge in [0.2, 0.25) is 0 Å². The molecule has 0 saturated carbocycles. The Morgan fingerprint density at radius 1 is 1.19 bits per heavy atom. The number of ether oxygens (including phenoxy) is 1. The normalized spacial score (nSPS) is 40.1. The maximum absolute atomic E-state index is 5.71. The van der Waals surface area contributed by atoms with Crippen molar-refractivity contribution >= 4 is 0 Å². The molecule has 0 aromatic heterocycles. The van der Waals surface area contributed by atoms with Crippen LogP contribution in [0, 0.1) is 5.92 Å². The van der Waals surface area contributed by atoms with Gasteiger partial charge < -0.3 is 10.1 Å². The van der Waals surface area contributed by atoms with E-state index in [-0.39, 0.29) is 0 Å². The quantitative estimate of drug-likeness (QED) is 0.780. The van der Waals surface area contributed by atoms with E-state index in [0.29, 0.717) is 6.10 Å². The molecule has 0 amide bonds. The first-order valence-corrected chi connectivity index (χ1v) is 7.00. The Hall–Kier alpha value is -0.120. The van der Waals surface area contributed by atoms with Crippen molar-refractivity contribution in [1.82, 2.24) is 10.2 Å². The van der Waals surface area contributed by atoms with Crippen LogP contribution in [0.2, 0.25) is 0 Å². The fourth-order valence-corrected chi connectivity index (χ4v) is 3.62. The molecule has 1 N–H and O–H groups in total. The van der Waals surface area contributed by atoms with Crippen molar-refractivity contribution in [2.75, 3.05) is 32.8 Å². The van der Waals surface area contributed by atoms with Crippen molar-refractivity contribution < 1.29 is 4.74 Å². The predicted octanol–water partition coefficient (Wildman–Crippen LogP) is 1.24. The largest absolute Gasteiger partial charge is 0.378 e. The molecule has 3 heteroatoms. The van der Waals surface area contributed by atoms with Crippen LogP contribution >= 0.6 is 0 Å². The first kappa shape index (κ1) is 11.0. The summed E-state index contributed by atoms with van der Waals surface area (Å²) >= 11 is 0. The van der Waals surface area contributed by atoms with Crippen LogP contribution < -0.4 is 5.32 Å². The van der Waals surface area contributed by atoms with Gasteiger partial charge in [-0.15, -0.1) is 0 Å². The van der Waals surface area contributed by atoms with E-state index in [1.165, 1.54) is 58.3 Å². The van der Waals surface area contributed by atoms with Gasteiger partial charge in [0.05, 0.1) is 6.10 Å². The Balaban J connectivity index is 1.49. The van der Waals surface area contributed by atoms with Gasteiger partial charge >= 0.3 is 0 Å². The summed E-state index contributed by atoms with van der Waals surface area (Å²) in [7, 11) is 0. The molecule has 3 aliphatic rings. The minimum absolute atomic E-state index is 0.565. The van der Waals surface area contributed by atoms with Crippen LogP contribution in [0.5, 0.6) is 0 Å². The maximum atomic E-state index is 5.71. The number of fused-ring (bicyclic) bond motifs is 1. The second-order valence-electron chi connectivity index (χ2n) is 5.59. The lowest BCUT2D eigenvalue weighted by atomic mass is 9.92. The van der Waals surface area contributed by atoms with Crippen molar-refractivity contribution in [3.05, 3.63) is 0 Å². The van der Waals surface area contributed by atoms with Gasteiger partial charge in [-0.05, 0) is 51.1 Å². The maximum Gasteiger partial charge on any atom is 0.0588 e. The smallest absolute Gasteiger partial charge is 0.0588 e. The van der Waals surface area contributed by atoms with E-state index >= 15 is 0 Å². The van der Waals surface area contributed by atoms with Crippen molar-refractivity contribution in [3.8, 4) is 0 Å². The summed E-state index contributed by atoms with van der Waals surface area (Å²) in [5.41, 5.74) is 0. The number of nitrogens with one attached hydrogen (secondary N) is 1. The van der Waals surface area contributed by atoms with Gasteiger partial charge in [-0.25, -0.2) is 0 Å². The molecule has 0 aliphatic carbocycles. The molecule has 92 valence electrons. The van der Waals surface area contributed by atoms with Crippen LogP contribution in [0.4, 0.5) is 0 Å². The monoisotopic (exact) mass is 224 g/mol. The Labute approximate surface area is 98.5 Å². The fraction of sp³-hybridized carbons (Fsp3) is 1.00. The second kappa shape index (κ2) is 5.03. The summed E-state index contributed by atoms with van der Waals surface area (Å²) < 4.78 is 5.71. The fourth-order valence-electron chi connectivity index (χ4n) is 3.62. The van der Waals surface area contributed by atoms with Gasteiger partial charge in [0.1, 0.15) is 0 Å². The molecule has 3 saturated heterocycles. The molecule has 0 aromatic rings. The Kier molecular flexibility index (Phi) is 3.46. The van der Waals surface area contributed by atoms with E-state index in [4.69, 9.17) is 4.74 Å². The summed E-state index contributed by atoms with van der Waals surface area (Å²) in [4.78, 5) is 2.72. The Morgan fingerprint density at radius 3 is 3.06 bits per heavy atom. The van der Waals surface area contributed by atoms with Crippen LogP contribution in [-0.2, 0) is 4.74 Å². The topological polar surface area (TPSA) is 24.5 Å². The van der Waals surface area contributed by atoms with E-state index in [0.717, 1.165) is 18.6 Å². The zero-order chi connectivity index (χ0) is 10.8. The van der Waals surface area contributed by atoms with Crippen LogP contribution in [0.25, 0.3) is 0 Å². The summed E-state index contributed by atoms with van der Waals surface area (Å²) in [6.07, 6.45) is 7.22. The van der Waals surface area contributed by atoms with Crippen LogP contribution in [0.15, 0.2) is 0 Å². The zero-order valence-electron chi connectivity index (χ0n) is 10.2. The molecule has 3 heterocycles. The SMILES string of the molecule is C1COC(CCN2CCCC3CNCC32)C1. The third kappa shape index (κ3) is 2.27. The van der Waals surface area contributed by atoms with Gasteiger partial charge in [0, 0.05) is 25.7 Å². The number of hydrogen-bond acceptors (Lipinski definition) is 3. The lowest BCUT2D eigenvalue weighted by Crippen LogP contribution is -2.45. The predicted molar refractivity (Wildman–Crippen MR) is 64.5 cm³/mol. The highest BCUT2D eigenvalue weighted by atomic mass is 16.5. The average molecular weight is 224 g/mol. The van der Waals surface area contributed by atoms with Crippen molar-refractivity contribution in [1.29, 1.82) is 0 Å². The minimum atomic E-state index is 0.565. The molecule has 3 rings (SSSR count). The van der Waals surface area contributed by atoms with Crippen LogP contribution in [0.1, 0.15) is 32.1 Å². The molecule has 0 aromatic carbocycles. The molecule has 3 unspecified atom stereocenters. The van der Waals surface area contributed by atoms with Crippen molar-refractivity contribution in [2.24, 2.45) is 5.92 Å². The van der Waals surface area contributed by atoms with Gasteiger partial charge in [0.15, 0.2) is 0 Å². The zero-order valence-corrected chi connectivity index (χ0v) is 10.2. The lowest BCUT2D eigenvalue weighted by molar-refractivity contribution is 0.0693. The van der Waals surface area contributed by atoms with Crippen molar-refractivity contribution in [3.63, 3.8) is 0 Å². The van der Waals surface area contributed by atoms with Crippen LogP contribution in [-0.4, -0.2) is 49.8 Å². The van der Waals surface area contributed by atoms with Crippen LogP contribution in [0.3, 0.4) is 0 Å². The van der Waals surface area contributed by atoms with Gasteiger partial charge in [0.25, 0.3) is 0 Å². The summed E-state index contributed by atoms with van der Waals surface area (Å²) in [6, 6.07) is 0.829. The second-order valence-corrected chi connectivity index (χ2v) is 5.59. The average Bonchev–Trinajstić information content (AvgIpc) is 2.97. The van der Waals surface area contributed by atoms with E-state index in [2.05, 4.69) is 10.2 Å². The molecule has 3 fully saturated rings. The molecule has 3 nitrogen and oxygen atoms in total. The first-order chi connectivity index (χ1) is 7.93. The van der Waals surface area contributed by atoms with Gasteiger partial charge in [-0.2, -0.15) is 0 Å². The van der Waals surface area contributed by atoms with E-state index in [1.807, 2.05) is 0 Å². The number of rotatable bonds is 3. The summed E-state index contributed by atoms with van der Waals surface area (Å²) in [5.74, 6) is 0.929. The molecular formula is C13H24N2O. The minimum Gasteiger partial charge on any atom is -0.378 e. The third-order valence-corrected chi connectivity index (χ3v) is 4.56. The van der Waals surface area contributed by atoms with Gasteiger partial charge in [-0.3, -0.25) is 4.90 Å². The van der Waals surface area contributed by atoms with Gasteiger partial charge in [-0.1, -0.05) is 0 Å². The highest BCUT2D eigenvalue weighted by Gasteiger charge is 2.34. The standard InChI is InChI=1S/C13H24N2O/c1-3-11-9-14-10-13(11)15(6-1)7-5-12-4-2-8-16-12/h11-14H,1-10H2. The number of nitrogens with zero attached hydrogens (tertiary/aromatic N) is 1. The summed E-state index contributed by atoms with van der Waals surface area (Å²) in [5, 5.41) is 3.55. The molecule has 3 aliphatic heterocycles. The molecule has 3 atom stereocenters.